The first-order valence-corrected chi connectivity index (χ1v) is 8.03. The van der Waals surface area contributed by atoms with E-state index in [1.54, 1.807) is 24.3 Å². The van der Waals surface area contributed by atoms with Crippen molar-refractivity contribution in [3.05, 3.63) is 71.4 Å². The Hall–Kier alpha value is -3.79. The molecule has 0 fully saturated rings. The van der Waals surface area contributed by atoms with Crippen molar-refractivity contribution < 1.29 is 4.52 Å². The monoisotopic (exact) mass is 342 g/mol. The lowest BCUT2D eigenvalue weighted by Gasteiger charge is -2.02. The maximum atomic E-state index is 8.87. The molecule has 7 heteroatoms. The summed E-state index contributed by atoms with van der Waals surface area (Å²) >= 11 is 0. The average molecular weight is 342 g/mol. The number of aromatic nitrogens is 5. The molecule has 0 saturated carbocycles. The summed E-state index contributed by atoms with van der Waals surface area (Å²) in [6, 6.07) is 19.1. The molecule has 2 aromatic heterocycles. The zero-order chi connectivity index (χ0) is 17.9. The van der Waals surface area contributed by atoms with Gasteiger partial charge in [0.25, 0.3) is 5.89 Å². The predicted octanol–water partition coefficient (Wildman–Crippen LogP) is 3.22. The van der Waals surface area contributed by atoms with E-state index < -0.39 is 0 Å². The fraction of sp³-hybridized carbons (Fsp3) is 0.105. The van der Waals surface area contributed by atoms with Gasteiger partial charge in [0.1, 0.15) is 0 Å². The molecule has 4 aromatic rings. The molecule has 0 amide bonds. The van der Waals surface area contributed by atoms with Crippen molar-refractivity contribution in [2.24, 2.45) is 0 Å². The van der Waals surface area contributed by atoms with E-state index in [1.165, 1.54) is 0 Å². The van der Waals surface area contributed by atoms with Crippen LogP contribution in [0.1, 0.15) is 16.8 Å². The Labute approximate surface area is 149 Å². The number of nitriles is 1. The molecule has 2 aromatic carbocycles. The maximum Gasteiger partial charge on any atom is 0.258 e. The quantitative estimate of drug-likeness (QED) is 0.565. The van der Waals surface area contributed by atoms with Crippen LogP contribution < -0.4 is 0 Å². The third kappa shape index (κ3) is 2.96. The van der Waals surface area contributed by atoms with Crippen molar-refractivity contribution in [1.29, 1.82) is 5.26 Å². The first kappa shape index (κ1) is 15.7. The molecule has 4 rings (SSSR count). The summed E-state index contributed by atoms with van der Waals surface area (Å²) in [7, 11) is 0. The molecular weight excluding hydrogens is 328 g/mol. The minimum atomic E-state index is 0.376. The third-order valence-corrected chi connectivity index (χ3v) is 4.06. The summed E-state index contributed by atoms with van der Waals surface area (Å²) in [6.45, 7) is 2.55. The second-order valence-corrected chi connectivity index (χ2v) is 5.78. The van der Waals surface area contributed by atoms with Crippen LogP contribution in [-0.2, 0) is 6.54 Å². The topological polar surface area (TPSA) is 93.4 Å². The Morgan fingerprint density at radius 1 is 1.08 bits per heavy atom. The van der Waals surface area contributed by atoms with Crippen LogP contribution in [-0.4, -0.2) is 25.1 Å². The Kier molecular flexibility index (Phi) is 4.00. The van der Waals surface area contributed by atoms with Crippen LogP contribution in [0, 0.1) is 18.3 Å². The Morgan fingerprint density at radius 3 is 2.58 bits per heavy atom. The van der Waals surface area contributed by atoms with E-state index in [0.29, 0.717) is 29.5 Å². The van der Waals surface area contributed by atoms with Gasteiger partial charge in [-0.3, -0.25) is 0 Å². The molecule has 26 heavy (non-hydrogen) atoms. The van der Waals surface area contributed by atoms with E-state index >= 15 is 0 Å². The zero-order valence-electron chi connectivity index (χ0n) is 14.0. The van der Waals surface area contributed by atoms with Crippen molar-refractivity contribution in [3.8, 4) is 29.0 Å². The van der Waals surface area contributed by atoms with E-state index in [9.17, 15) is 0 Å². The average Bonchev–Trinajstić information content (AvgIpc) is 3.30. The van der Waals surface area contributed by atoms with Gasteiger partial charge in [-0.25, -0.2) is 4.68 Å². The van der Waals surface area contributed by atoms with E-state index in [0.717, 1.165) is 16.8 Å². The van der Waals surface area contributed by atoms with E-state index in [2.05, 4.69) is 26.5 Å². The molecule has 0 atom stereocenters. The maximum absolute atomic E-state index is 8.87. The molecule has 126 valence electrons. The fourth-order valence-corrected chi connectivity index (χ4v) is 2.60. The largest absolute Gasteiger partial charge is 0.334 e. The second kappa shape index (κ2) is 6.61. The van der Waals surface area contributed by atoms with Crippen molar-refractivity contribution >= 4 is 0 Å². The van der Waals surface area contributed by atoms with Crippen molar-refractivity contribution in [1.82, 2.24) is 25.1 Å². The van der Waals surface area contributed by atoms with Gasteiger partial charge in [-0.15, -0.1) is 5.10 Å². The molecule has 0 aliphatic carbocycles. The van der Waals surface area contributed by atoms with Crippen LogP contribution in [0.15, 0.2) is 59.1 Å². The molecule has 0 spiro atoms. The van der Waals surface area contributed by atoms with Crippen LogP contribution >= 0.6 is 0 Å². The summed E-state index contributed by atoms with van der Waals surface area (Å²) in [5.41, 5.74) is 3.91. The first-order valence-electron chi connectivity index (χ1n) is 8.03. The molecular formula is C19H14N6O. The Bertz CT molecular complexity index is 1070. The predicted molar refractivity (Wildman–Crippen MR) is 93.7 cm³/mol. The van der Waals surface area contributed by atoms with Gasteiger partial charge in [0.05, 0.1) is 23.9 Å². The van der Waals surface area contributed by atoms with Crippen molar-refractivity contribution in [3.63, 3.8) is 0 Å². The van der Waals surface area contributed by atoms with Gasteiger partial charge in [-0.1, -0.05) is 40.7 Å². The number of rotatable bonds is 4. The van der Waals surface area contributed by atoms with E-state index in [-0.39, 0.29) is 0 Å². The lowest BCUT2D eigenvalue weighted by atomic mass is 10.1. The zero-order valence-corrected chi connectivity index (χ0v) is 14.0. The van der Waals surface area contributed by atoms with Crippen LogP contribution in [0.2, 0.25) is 0 Å². The minimum Gasteiger partial charge on any atom is -0.334 e. The number of benzene rings is 2. The van der Waals surface area contributed by atoms with Crippen LogP contribution in [0.5, 0.6) is 0 Å². The highest BCUT2D eigenvalue weighted by atomic mass is 16.5. The summed E-state index contributed by atoms with van der Waals surface area (Å²) in [6.07, 6.45) is 0. The summed E-state index contributed by atoms with van der Waals surface area (Å²) in [5, 5.41) is 21.3. The lowest BCUT2D eigenvalue weighted by molar-refractivity contribution is 0.432. The molecule has 0 N–H and O–H groups in total. The van der Waals surface area contributed by atoms with Gasteiger partial charge in [-0.2, -0.15) is 10.2 Å². The minimum absolute atomic E-state index is 0.376. The Morgan fingerprint density at radius 2 is 1.85 bits per heavy atom. The van der Waals surface area contributed by atoms with E-state index in [4.69, 9.17) is 9.78 Å². The molecule has 0 radical (unpaired) electrons. The summed E-state index contributed by atoms with van der Waals surface area (Å²) < 4.78 is 7.15. The van der Waals surface area contributed by atoms with Gasteiger partial charge in [-0.05, 0) is 36.8 Å². The smallest absolute Gasteiger partial charge is 0.258 e. The highest BCUT2D eigenvalue weighted by Crippen LogP contribution is 2.23. The summed E-state index contributed by atoms with van der Waals surface area (Å²) in [4.78, 5) is 4.41. The number of hydrogen-bond acceptors (Lipinski definition) is 6. The first-order chi connectivity index (χ1) is 12.7. The van der Waals surface area contributed by atoms with Gasteiger partial charge in [0.2, 0.25) is 5.82 Å². The molecule has 0 unspecified atom stereocenters. The highest BCUT2D eigenvalue weighted by molar-refractivity contribution is 5.59. The van der Waals surface area contributed by atoms with Crippen molar-refractivity contribution in [2.45, 2.75) is 13.5 Å². The standard InChI is InChI=1S/C19H14N6O/c1-13-17(22-24-25(13)12-15-5-3-2-4-6-15)18-21-19(26-23-18)16-9-7-14(11-20)8-10-16/h2-10H,12H2,1H3. The molecule has 0 aliphatic rings. The number of nitrogens with zero attached hydrogens (tertiary/aromatic N) is 6. The SMILES string of the molecule is Cc1c(-c2noc(-c3ccc(C#N)cc3)n2)nnn1Cc1ccccc1. The molecule has 0 saturated heterocycles. The fourth-order valence-electron chi connectivity index (χ4n) is 2.60. The Balaban J connectivity index is 1.61. The van der Waals surface area contributed by atoms with Gasteiger partial charge in [0.15, 0.2) is 5.69 Å². The van der Waals surface area contributed by atoms with Crippen LogP contribution in [0.3, 0.4) is 0 Å². The van der Waals surface area contributed by atoms with Crippen LogP contribution in [0.25, 0.3) is 23.0 Å². The second-order valence-electron chi connectivity index (χ2n) is 5.78. The molecule has 0 aliphatic heterocycles. The highest BCUT2D eigenvalue weighted by Gasteiger charge is 2.17. The third-order valence-electron chi connectivity index (χ3n) is 4.06. The van der Waals surface area contributed by atoms with Crippen LogP contribution in [0.4, 0.5) is 0 Å². The van der Waals surface area contributed by atoms with E-state index in [1.807, 2.05) is 41.9 Å². The molecule has 2 heterocycles. The van der Waals surface area contributed by atoms with Gasteiger partial charge >= 0.3 is 0 Å². The van der Waals surface area contributed by atoms with Gasteiger partial charge in [0, 0.05) is 5.56 Å². The van der Waals surface area contributed by atoms with Gasteiger partial charge < -0.3 is 4.52 Å². The summed E-state index contributed by atoms with van der Waals surface area (Å²) in [5.74, 6) is 0.766. The number of hydrogen-bond donors (Lipinski definition) is 0. The molecule has 7 nitrogen and oxygen atoms in total. The normalized spacial score (nSPS) is 10.6. The van der Waals surface area contributed by atoms with Crippen molar-refractivity contribution in [2.75, 3.05) is 0 Å². The lowest BCUT2D eigenvalue weighted by Crippen LogP contribution is -2.03. The molecule has 0 bridgehead atoms.